The molecule has 4 aliphatic carbocycles. The van der Waals surface area contributed by atoms with Gasteiger partial charge in [0, 0.05) is 18.0 Å². The highest BCUT2D eigenvalue weighted by Gasteiger charge is 2.60. The number of nitrogens with zero attached hydrogens (tertiary/aromatic N) is 2. The zero-order valence-electron chi connectivity index (χ0n) is 13.2. The molecule has 4 saturated carbocycles. The van der Waals surface area contributed by atoms with Gasteiger partial charge < -0.3 is 5.11 Å². The van der Waals surface area contributed by atoms with Crippen LogP contribution in [0.1, 0.15) is 70.5 Å². The molecular weight excluding hydrogens is 260 g/mol. The molecule has 4 fully saturated rings. The van der Waals surface area contributed by atoms with Crippen LogP contribution in [-0.2, 0) is 0 Å². The number of hydrogen-bond donors (Lipinski definition) is 1. The molecule has 1 aromatic heterocycles. The largest absolute Gasteiger partial charge is 0.388 e. The van der Waals surface area contributed by atoms with Crippen molar-refractivity contribution in [1.29, 1.82) is 0 Å². The fourth-order valence-electron chi connectivity index (χ4n) is 6.92. The third kappa shape index (κ3) is 2.30. The highest BCUT2D eigenvalue weighted by atomic mass is 16.3. The van der Waals surface area contributed by atoms with Crippen LogP contribution in [0.15, 0.2) is 18.7 Å². The van der Waals surface area contributed by atoms with E-state index in [0.29, 0.717) is 16.2 Å². The van der Waals surface area contributed by atoms with Crippen LogP contribution in [0.5, 0.6) is 0 Å². The third-order valence-electron chi connectivity index (χ3n) is 6.33. The topological polar surface area (TPSA) is 46.0 Å². The molecular formula is C18H26N2O. The summed E-state index contributed by atoms with van der Waals surface area (Å²) < 4.78 is 0. The van der Waals surface area contributed by atoms with E-state index in [0.717, 1.165) is 17.9 Å². The quantitative estimate of drug-likeness (QED) is 0.916. The van der Waals surface area contributed by atoms with E-state index in [9.17, 15) is 5.11 Å². The smallest absolute Gasteiger partial charge is 0.115 e. The Labute approximate surface area is 127 Å². The van der Waals surface area contributed by atoms with Gasteiger partial charge in [-0.25, -0.2) is 9.97 Å². The van der Waals surface area contributed by atoms with Crippen molar-refractivity contribution in [2.75, 3.05) is 0 Å². The molecule has 3 atom stereocenters. The summed E-state index contributed by atoms with van der Waals surface area (Å²) in [7, 11) is 0. The Kier molecular flexibility index (Phi) is 2.79. The Morgan fingerprint density at radius 3 is 2.29 bits per heavy atom. The summed E-state index contributed by atoms with van der Waals surface area (Å²) in [4.78, 5) is 8.11. The molecule has 114 valence electrons. The normalized spacial score (nSPS) is 45.8. The first-order valence-electron chi connectivity index (χ1n) is 8.33. The van der Waals surface area contributed by atoms with Gasteiger partial charge in [0.25, 0.3) is 0 Å². The lowest BCUT2D eigenvalue weighted by Crippen LogP contribution is -2.55. The minimum atomic E-state index is -0.408. The fourth-order valence-corrected chi connectivity index (χ4v) is 6.92. The molecule has 0 amide bonds. The second-order valence-electron chi connectivity index (χ2n) is 9.02. The molecule has 0 saturated heterocycles. The van der Waals surface area contributed by atoms with Crippen LogP contribution in [0, 0.1) is 22.2 Å². The highest BCUT2D eigenvalue weighted by Crippen LogP contribution is 2.71. The summed E-state index contributed by atoms with van der Waals surface area (Å²) in [5.74, 6) is 0.885. The molecule has 4 aliphatic rings. The monoisotopic (exact) mass is 286 g/mol. The number of rotatable bonds is 3. The summed E-state index contributed by atoms with van der Waals surface area (Å²) in [5, 5.41) is 10.7. The third-order valence-corrected chi connectivity index (χ3v) is 6.33. The van der Waals surface area contributed by atoms with Crippen molar-refractivity contribution in [2.45, 2.75) is 64.9 Å². The van der Waals surface area contributed by atoms with Crippen molar-refractivity contribution in [3.05, 3.63) is 24.3 Å². The Hall–Kier alpha value is -0.960. The molecule has 3 nitrogen and oxygen atoms in total. The number of aromatic nitrogens is 2. The van der Waals surface area contributed by atoms with E-state index in [1.807, 2.05) is 0 Å². The summed E-state index contributed by atoms with van der Waals surface area (Å²) in [6.07, 6.45) is 13.7. The minimum absolute atomic E-state index is 0.345. The summed E-state index contributed by atoms with van der Waals surface area (Å²) in [6, 6.07) is 0. The summed E-state index contributed by atoms with van der Waals surface area (Å²) in [6.45, 7) is 4.98. The average molecular weight is 286 g/mol. The maximum absolute atomic E-state index is 10.7. The van der Waals surface area contributed by atoms with Gasteiger partial charge in [0.1, 0.15) is 6.33 Å². The van der Waals surface area contributed by atoms with E-state index in [-0.39, 0.29) is 0 Å². The van der Waals surface area contributed by atoms with Gasteiger partial charge in [0.15, 0.2) is 0 Å². The van der Waals surface area contributed by atoms with Crippen molar-refractivity contribution in [1.82, 2.24) is 9.97 Å². The predicted molar refractivity (Wildman–Crippen MR) is 81.4 cm³/mol. The van der Waals surface area contributed by atoms with Crippen LogP contribution >= 0.6 is 0 Å². The SMILES string of the molecule is CC12CC3CC(C)(C1)CC(CC(O)c1cncnc1)(C3)C2. The van der Waals surface area contributed by atoms with Gasteiger partial charge in [-0.1, -0.05) is 13.8 Å². The maximum Gasteiger partial charge on any atom is 0.115 e. The Bertz CT molecular complexity index is 525. The Balaban J connectivity index is 1.60. The summed E-state index contributed by atoms with van der Waals surface area (Å²) in [5.41, 5.74) is 2.25. The van der Waals surface area contributed by atoms with Crippen molar-refractivity contribution in [2.24, 2.45) is 22.2 Å². The molecule has 0 aromatic carbocycles. The molecule has 3 heteroatoms. The first-order chi connectivity index (χ1) is 9.90. The van der Waals surface area contributed by atoms with Gasteiger partial charge in [-0.05, 0) is 67.1 Å². The van der Waals surface area contributed by atoms with Crippen LogP contribution in [0.25, 0.3) is 0 Å². The predicted octanol–water partition coefficient (Wildman–Crippen LogP) is 3.90. The van der Waals surface area contributed by atoms with E-state index < -0.39 is 6.10 Å². The standard InChI is InChI=1S/C18H26N2O/c1-16-3-13-4-17(2,9-16)11-18(5-13,10-16)6-15(21)14-7-19-12-20-8-14/h7-8,12-13,15,21H,3-6,9-11H2,1-2H3. The molecule has 21 heavy (non-hydrogen) atoms. The Morgan fingerprint density at radius 2 is 1.71 bits per heavy atom. The van der Waals surface area contributed by atoms with Crippen LogP contribution in [0.3, 0.4) is 0 Å². The molecule has 1 aromatic rings. The van der Waals surface area contributed by atoms with Gasteiger partial charge >= 0.3 is 0 Å². The molecule has 0 aliphatic heterocycles. The zero-order chi connectivity index (χ0) is 14.7. The van der Waals surface area contributed by atoms with Crippen molar-refractivity contribution >= 4 is 0 Å². The molecule has 1 heterocycles. The highest BCUT2D eigenvalue weighted by molar-refractivity contribution is 5.14. The second kappa shape index (κ2) is 4.28. The number of aliphatic hydroxyl groups is 1. The van der Waals surface area contributed by atoms with Crippen molar-refractivity contribution in [3.63, 3.8) is 0 Å². The molecule has 4 bridgehead atoms. The van der Waals surface area contributed by atoms with E-state index in [4.69, 9.17) is 0 Å². The van der Waals surface area contributed by atoms with E-state index >= 15 is 0 Å². The molecule has 0 radical (unpaired) electrons. The molecule has 3 unspecified atom stereocenters. The molecule has 1 N–H and O–H groups in total. The lowest BCUT2D eigenvalue weighted by Gasteiger charge is -2.66. The number of hydrogen-bond acceptors (Lipinski definition) is 3. The van der Waals surface area contributed by atoms with Gasteiger partial charge in [-0.15, -0.1) is 0 Å². The minimum Gasteiger partial charge on any atom is -0.388 e. The van der Waals surface area contributed by atoms with Crippen molar-refractivity contribution in [3.8, 4) is 0 Å². The molecule has 5 rings (SSSR count). The van der Waals surface area contributed by atoms with E-state index in [1.165, 1.54) is 44.9 Å². The summed E-state index contributed by atoms with van der Waals surface area (Å²) >= 11 is 0. The van der Waals surface area contributed by atoms with Crippen LogP contribution < -0.4 is 0 Å². The van der Waals surface area contributed by atoms with Crippen LogP contribution in [0.4, 0.5) is 0 Å². The first-order valence-corrected chi connectivity index (χ1v) is 8.33. The van der Waals surface area contributed by atoms with Gasteiger partial charge in [-0.3, -0.25) is 0 Å². The zero-order valence-corrected chi connectivity index (χ0v) is 13.2. The van der Waals surface area contributed by atoms with Gasteiger partial charge in [-0.2, -0.15) is 0 Å². The lowest BCUT2D eigenvalue weighted by molar-refractivity contribution is -0.157. The second-order valence-corrected chi connectivity index (χ2v) is 9.02. The van der Waals surface area contributed by atoms with Gasteiger partial charge in [0.05, 0.1) is 6.10 Å². The van der Waals surface area contributed by atoms with Crippen molar-refractivity contribution < 1.29 is 5.11 Å². The van der Waals surface area contributed by atoms with E-state index in [1.54, 1.807) is 12.4 Å². The number of aliphatic hydroxyl groups excluding tert-OH is 1. The fraction of sp³-hybridized carbons (Fsp3) is 0.778. The molecule has 0 spiro atoms. The van der Waals surface area contributed by atoms with Crippen LogP contribution in [-0.4, -0.2) is 15.1 Å². The maximum atomic E-state index is 10.7. The van der Waals surface area contributed by atoms with Gasteiger partial charge in [0.2, 0.25) is 0 Å². The van der Waals surface area contributed by atoms with Crippen LogP contribution in [0.2, 0.25) is 0 Å². The van der Waals surface area contributed by atoms with E-state index in [2.05, 4.69) is 23.8 Å². The first kappa shape index (κ1) is 13.7. The Morgan fingerprint density at radius 1 is 1.10 bits per heavy atom. The average Bonchev–Trinajstić information content (AvgIpc) is 2.34. The lowest BCUT2D eigenvalue weighted by atomic mass is 9.39.